The summed E-state index contributed by atoms with van der Waals surface area (Å²) in [5.41, 5.74) is 1.41. The van der Waals surface area contributed by atoms with Crippen LogP contribution in [0, 0.1) is 0 Å². The van der Waals surface area contributed by atoms with Crippen molar-refractivity contribution in [3.05, 3.63) is 47.0 Å². The van der Waals surface area contributed by atoms with Crippen molar-refractivity contribution in [3.8, 4) is 17.2 Å². The number of nitrogens with one attached hydrogen (secondary N) is 1. The van der Waals surface area contributed by atoms with Crippen molar-refractivity contribution in [2.45, 2.75) is 13.0 Å². The molecule has 0 amide bonds. The zero-order chi connectivity index (χ0) is 14.7. The summed E-state index contributed by atoms with van der Waals surface area (Å²) in [6, 6.07) is 9.60. The number of rotatable bonds is 4. The number of halogens is 1. The minimum Gasteiger partial charge on any atom is -0.508 e. The Bertz CT molecular complexity index is 616. The van der Waals surface area contributed by atoms with Gasteiger partial charge in [-0.05, 0) is 37.3 Å². The quantitative estimate of drug-likeness (QED) is 0.799. The number of ether oxygens (including phenoxy) is 1. The first-order valence-corrected chi connectivity index (χ1v) is 6.51. The standard InChI is InChI=1S/C15H16ClNO3/c1-9(12-5-4-11(18)8-14(12)19)17-13-7-10(16)3-6-15(13)20-2/h3-9,17-19H,1-2H3. The maximum atomic E-state index is 9.86. The molecule has 0 saturated carbocycles. The van der Waals surface area contributed by atoms with Crippen LogP contribution < -0.4 is 10.1 Å². The van der Waals surface area contributed by atoms with Gasteiger partial charge in [-0.3, -0.25) is 0 Å². The van der Waals surface area contributed by atoms with Gasteiger partial charge in [0.2, 0.25) is 0 Å². The Morgan fingerprint density at radius 1 is 1.15 bits per heavy atom. The molecule has 1 atom stereocenters. The van der Waals surface area contributed by atoms with Crippen molar-refractivity contribution in [1.29, 1.82) is 0 Å². The Hall–Kier alpha value is -2.07. The van der Waals surface area contributed by atoms with E-state index in [1.807, 2.05) is 6.92 Å². The fourth-order valence-corrected chi connectivity index (χ4v) is 2.17. The largest absolute Gasteiger partial charge is 0.508 e. The molecule has 0 radical (unpaired) electrons. The molecular weight excluding hydrogens is 278 g/mol. The van der Waals surface area contributed by atoms with Crippen LogP contribution in [0.4, 0.5) is 5.69 Å². The van der Waals surface area contributed by atoms with Gasteiger partial charge in [0.05, 0.1) is 18.8 Å². The number of hydrogen-bond acceptors (Lipinski definition) is 4. The van der Waals surface area contributed by atoms with Crippen LogP contribution in [-0.4, -0.2) is 17.3 Å². The van der Waals surface area contributed by atoms with E-state index < -0.39 is 0 Å². The van der Waals surface area contributed by atoms with E-state index in [1.54, 1.807) is 31.4 Å². The van der Waals surface area contributed by atoms with Gasteiger partial charge in [0.25, 0.3) is 0 Å². The molecule has 2 rings (SSSR count). The summed E-state index contributed by atoms with van der Waals surface area (Å²) >= 11 is 5.98. The molecule has 2 aromatic rings. The summed E-state index contributed by atoms with van der Waals surface area (Å²) in [5.74, 6) is 0.726. The molecule has 3 N–H and O–H groups in total. The third kappa shape index (κ3) is 3.08. The van der Waals surface area contributed by atoms with Gasteiger partial charge in [-0.25, -0.2) is 0 Å². The molecule has 0 saturated heterocycles. The minimum absolute atomic E-state index is 0.0267. The number of phenolic OH excluding ortho intramolecular Hbond substituents is 2. The second-order valence-corrected chi connectivity index (χ2v) is 4.89. The molecule has 0 aliphatic carbocycles. The number of aromatic hydroxyl groups is 2. The molecule has 1 unspecified atom stereocenters. The summed E-state index contributed by atoms with van der Waals surface area (Å²) in [6.45, 7) is 1.90. The maximum Gasteiger partial charge on any atom is 0.142 e. The average molecular weight is 294 g/mol. The Balaban J connectivity index is 2.27. The van der Waals surface area contributed by atoms with Crippen molar-refractivity contribution in [1.82, 2.24) is 0 Å². The van der Waals surface area contributed by atoms with Crippen LogP contribution in [-0.2, 0) is 0 Å². The van der Waals surface area contributed by atoms with Gasteiger partial charge < -0.3 is 20.3 Å². The molecule has 0 fully saturated rings. The lowest BCUT2D eigenvalue weighted by Crippen LogP contribution is -2.07. The van der Waals surface area contributed by atoms with Crippen LogP contribution in [0.25, 0.3) is 0 Å². The third-order valence-corrected chi connectivity index (χ3v) is 3.25. The van der Waals surface area contributed by atoms with E-state index >= 15 is 0 Å². The fourth-order valence-electron chi connectivity index (χ4n) is 2.00. The maximum absolute atomic E-state index is 9.86. The first kappa shape index (κ1) is 14.3. The van der Waals surface area contributed by atoms with Crippen LogP contribution >= 0.6 is 11.6 Å². The molecule has 5 heteroatoms. The summed E-state index contributed by atoms with van der Waals surface area (Å²) in [6.07, 6.45) is 0. The Morgan fingerprint density at radius 3 is 2.55 bits per heavy atom. The summed E-state index contributed by atoms with van der Waals surface area (Å²) in [4.78, 5) is 0. The summed E-state index contributed by atoms with van der Waals surface area (Å²) in [7, 11) is 1.58. The molecule has 0 aliphatic rings. The number of benzene rings is 2. The second kappa shape index (κ2) is 5.92. The molecule has 0 bridgehead atoms. The monoisotopic (exact) mass is 293 g/mol. The molecule has 0 heterocycles. The van der Waals surface area contributed by atoms with Crippen LogP contribution in [0.2, 0.25) is 5.02 Å². The highest BCUT2D eigenvalue weighted by atomic mass is 35.5. The molecular formula is C15H16ClNO3. The van der Waals surface area contributed by atoms with E-state index in [-0.39, 0.29) is 17.5 Å². The van der Waals surface area contributed by atoms with Crippen molar-refractivity contribution in [2.24, 2.45) is 0 Å². The molecule has 0 aliphatic heterocycles. The highest BCUT2D eigenvalue weighted by Crippen LogP contribution is 2.34. The first-order chi connectivity index (χ1) is 9.51. The third-order valence-electron chi connectivity index (χ3n) is 3.01. The highest BCUT2D eigenvalue weighted by Gasteiger charge is 2.13. The van der Waals surface area contributed by atoms with Crippen molar-refractivity contribution < 1.29 is 14.9 Å². The molecule has 20 heavy (non-hydrogen) atoms. The highest BCUT2D eigenvalue weighted by molar-refractivity contribution is 6.30. The van der Waals surface area contributed by atoms with E-state index in [9.17, 15) is 10.2 Å². The first-order valence-electron chi connectivity index (χ1n) is 6.13. The van der Waals surface area contributed by atoms with E-state index in [2.05, 4.69) is 5.32 Å². The second-order valence-electron chi connectivity index (χ2n) is 4.45. The van der Waals surface area contributed by atoms with Crippen molar-refractivity contribution in [3.63, 3.8) is 0 Å². The number of methoxy groups -OCH3 is 1. The van der Waals surface area contributed by atoms with Crippen LogP contribution in [0.15, 0.2) is 36.4 Å². The smallest absolute Gasteiger partial charge is 0.142 e. The minimum atomic E-state index is -0.178. The van der Waals surface area contributed by atoms with E-state index in [0.29, 0.717) is 16.3 Å². The van der Waals surface area contributed by atoms with E-state index in [0.717, 1.165) is 5.69 Å². The van der Waals surface area contributed by atoms with Gasteiger partial charge in [-0.2, -0.15) is 0 Å². The number of hydrogen-bond donors (Lipinski definition) is 3. The fraction of sp³-hybridized carbons (Fsp3) is 0.200. The molecule has 0 aromatic heterocycles. The van der Waals surface area contributed by atoms with E-state index in [4.69, 9.17) is 16.3 Å². The number of anilines is 1. The zero-order valence-electron chi connectivity index (χ0n) is 11.2. The molecule has 2 aromatic carbocycles. The normalized spacial score (nSPS) is 11.9. The van der Waals surface area contributed by atoms with Gasteiger partial charge >= 0.3 is 0 Å². The molecule has 0 spiro atoms. The number of phenols is 2. The van der Waals surface area contributed by atoms with E-state index in [1.165, 1.54) is 12.1 Å². The van der Waals surface area contributed by atoms with Gasteiger partial charge in [0, 0.05) is 16.7 Å². The predicted octanol–water partition coefficient (Wildman–Crippen LogP) is 3.93. The van der Waals surface area contributed by atoms with Crippen molar-refractivity contribution in [2.75, 3.05) is 12.4 Å². The summed E-state index contributed by atoms with van der Waals surface area (Å²) in [5, 5.41) is 23.0. The lowest BCUT2D eigenvalue weighted by Gasteiger charge is -2.19. The van der Waals surface area contributed by atoms with Gasteiger partial charge in [-0.15, -0.1) is 0 Å². The van der Waals surface area contributed by atoms with Gasteiger partial charge in [-0.1, -0.05) is 11.6 Å². The van der Waals surface area contributed by atoms with Crippen LogP contribution in [0.3, 0.4) is 0 Å². The molecule has 106 valence electrons. The lowest BCUT2D eigenvalue weighted by molar-refractivity contribution is 0.415. The van der Waals surface area contributed by atoms with Gasteiger partial charge in [0.1, 0.15) is 17.2 Å². The SMILES string of the molecule is COc1ccc(Cl)cc1NC(C)c1ccc(O)cc1O. The summed E-state index contributed by atoms with van der Waals surface area (Å²) < 4.78 is 5.26. The zero-order valence-corrected chi connectivity index (χ0v) is 12.0. The Morgan fingerprint density at radius 2 is 1.90 bits per heavy atom. The Labute approximate surface area is 122 Å². The van der Waals surface area contributed by atoms with Crippen LogP contribution in [0.5, 0.6) is 17.2 Å². The predicted molar refractivity (Wildman–Crippen MR) is 79.8 cm³/mol. The molecule has 4 nitrogen and oxygen atoms in total. The van der Waals surface area contributed by atoms with Crippen molar-refractivity contribution >= 4 is 17.3 Å². The lowest BCUT2D eigenvalue weighted by atomic mass is 10.1. The van der Waals surface area contributed by atoms with Gasteiger partial charge in [0.15, 0.2) is 0 Å². The average Bonchev–Trinajstić information content (AvgIpc) is 2.38. The topological polar surface area (TPSA) is 61.7 Å². The van der Waals surface area contributed by atoms with Crippen LogP contribution in [0.1, 0.15) is 18.5 Å². The Kier molecular flexibility index (Phi) is 4.25.